The van der Waals surface area contributed by atoms with Crippen LogP contribution in [0, 0.1) is 13.8 Å². The van der Waals surface area contributed by atoms with E-state index in [0.717, 1.165) is 11.4 Å². The highest BCUT2D eigenvalue weighted by atomic mass is 16.1. The highest BCUT2D eigenvalue weighted by Crippen LogP contribution is 2.07. The second-order valence-electron chi connectivity index (χ2n) is 2.39. The van der Waals surface area contributed by atoms with Crippen molar-refractivity contribution in [2.75, 3.05) is 7.05 Å². The molecule has 0 aromatic carbocycles. The summed E-state index contributed by atoms with van der Waals surface area (Å²) in [5, 5.41) is 9.19. The van der Waals surface area contributed by atoms with Gasteiger partial charge in [-0.05, 0) is 13.8 Å². The van der Waals surface area contributed by atoms with Crippen LogP contribution in [0.3, 0.4) is 0 Å². The number of aromatic amines is 1. The summed E-state index contributed by atoms with van der Waals surface area (Å²) in [6, 6.07) is 0. The first-order valence-corrected chi connectivity index (χ1v) is 3.40. The Kier molecular flexibility index (Phi) is 1.94. The molecule has 0 saturated carbocycles. The molecule has 1 aromatic heterocycles. The van der Waals surface area contributed by atoms with Crippen LogP contribution in [0.25, 0.3) is 0 Å². The summed E-state index contributed by atoms with van der Waals surface area (Å²) >= 11 is 0. The molecule has 0 radical (unpaired) electrons. The SMILES string of the molecule is CNC(=O)c1c(C)n[nH]c1C. The summed E-state index contributed by atoms with van der Waals surface area (Å²) in [7, 11) is 1.61. The third-order valence-electron chi connectivity index (χ3n) is 1.58. The Balaban J connectivity index is 3.10. The summed E-state index contributed by atoms with van der Waals surface area (Å²) in [6.45, 7) is 3.62. The smallest absolute Gasteiger partial charge is 0.254 e. The Bertz CT molecular complexity index is 258. The normalized spacial score (nSPS) is 9.73. The van der Waals surface area contributed by atoms with Crippen molar-refractivity contribution in [1.29, 1.82) is 0 Å². The maximum absolute atomic E-state index is 11.1. The van der Waals surface area contributed by atoms with Crippen molar-refractivity contribution in [1.82, 2.24) is 15.5 Å². The van der Waals surface area contributed by atoms with Gasteiger partial charge in [-0.15, -0.1) is 0 Å². The average Bonchev–Trinajstić information content (AvgIpc) is 2.30. The van der Waals surface area contributed by atoms with Gasteiger partial charge in [0.1, 0.15) is 0 Å². The number of carbonyl (C=O) groups excluding carboxylic acids is 1. The minimum Gasteiger partial charge on any atom is -0.355 e. The van der Waals surface area contributed by atoms with Crippen LogP contribution < -0.4 is 5.32 Å². The summed E-state index contributed by atoms with van der Waals surface area (Å²) in [4.78, 5) is 11.1. The van der Waals surface area contributed by atoms with Gasteiger partial charge < -0.3 is 5.32 Å². The van der Waals surface area contributed by atoms with E-state index in [2.05, 4.69) is 15.5 Å². The Morgan fingerprint density at radius 3 is 2.55 bits per heavy atom. The number of nitrogens with zero attached hydrogens (tertiary/aromatic N) is 1. The van der Waals surface area contributed by atoms with Crippen molar-refractivity contribution in [3.05, 3.63) is 17.0 Å². The molecule has 2 N–H and O–H groups in total. The van der Waals surface area contributed by atoms with Crippen LogP contribution in [0.15, 0.2) is 0 Å². The minimum atomic E-state index is -0.0891. The zero-order valence-corrected chi connectivity index (χ0v) is 6.86. The van der Waals surface area contributed by atoms with E-state index in [9.17, 15) is 4.79 Å². The standard InChI is InChI=1S/C7H11N3O/c1-4-6(7(11)8-3)5(2)10-9-4/h1-3H3,(H,8,11)(H,9,10). The average molecular weight is 153 g/mol. The number of aryl methyl sites for hydroxylation is 2. The van der Waals surface area contributed by atoms with Crippen LogP contribution in [0.5, 0.6) is 0 Å². The molecule has 1 heterocycles. The lowest BCUT2D eigenvalue weighted by molar-refractivity contribution is 0.0962. The highest BCUT2D eigenvalue weighted by molar-refractivity contribution is 5.96. The Morgan fingerprint density at radius 2 is 2.18 bits per heavy atom. The van der Waals surface area contributed by atoms with Gasteiger partial charge in [0.15, 0.2) is 0 Å². The molecule has 0 saturated heterocycles. The van der Waals surface area contributed by atoms with Crippen molar-refractivity contribution in [2.24, 2.45) is 0 Å². The van der Waals surface area contributed by atoms with E-state index >= 15 is 0 Å². The van der Waals surface area contributed by atoms with Gasteiger partial charge in [0.25, 0.3) is 5.91 Å². The van der Waals surface area contributed by atoms with Gasteiger partial charge in [0.2, 0.25) is 0 Å². The molecule has 1 aromatic rings. The fourth-order valence-corrected chi connectivity index (χ4v) is 1.01. The van der Waals surface area contributed by atoms with E-state index in [-0.39, 0.29) is 5.91 Å². The van der Waals surface area contributed by atoms with Crippen molar-refractivity contribution < 1.29 is 4.79 Å². The molecule has 0 fully saturated rings. The number of amides is 1. The molecule has 0 aliphatic heterocycles. The van der Waals surface area contributed by atoms with Crippen molar-refractivity contribution >= 4 is 5.91 Å². The quantitative estimate of drug-likeness (QED) is 0.613. The third kappa shape index (κ3) is 1.24. The molecule has 0 bridgehead atoms. The van der Waals surface area contributed by atoms with Crippen LogP contribution in [0.2, 0.25) is 0 Å². The fourth-order valence-electron chi connectivity index (χ4n) is 1.01. The number of hydrogen-bond donors (Lipinski definition) is 2. The predicted molar refractivity (Wildman–Crippen MR) is 41.5 cm³/mol. The van der Waals surface area contributed by atoms with Crippen LogP contribution >= 0.6 is 0 Å². The van der Waals surface area contributed by atoms with E-state index in [1.165, 1.54) is 0 Å². The summed E-state index contributed by atoms with van der Waals surface area (Å²) in [5.41, 5.74) is 2.19. The van der Waals surface area contributed by atoms with Gasteiger partial charge >= 0.3 is 0 Å². The van der Waals surface area contributed by atoms with Crippen molar-refractivity contribution in [3.8, 4) is 0 Å². The molecular weight excluding hydrogens is 142 g/mol. The second-order valence-corrected chi connectivity index (χ2v) is 2.39. The van der Waals surface area contributed by atoms with E-state index in [0.29, 0.717) is 5.56 Å². The van der Waals surface area contributed by atoms with Crippen molar-refractivity contribution in [3.63, 3.8) is 0 Å². The zero-order chi connectivity index (χ0) is 8.43. The van der Waals surface area contributed by atoms with E-state index in [4.69, 9.17) is 0 Å². The predicted octanol–water partition coefficient (Wildman–Crippen LogP) is 0.386. The minimum absolute atomic E-state index is 0.0891. The molecule has 4 heteroatoms. The Hall–Kier alpha value is -1.32. The fraction of sp³-hybridized carbons (Fsp3) is 0.429. The number of carbonyl (C=O) groups is 1. The molecule has 1 amide bonds. The maximum atomic E-state index is 11.1. The molecule has 60 valence electrons. The first-order valence-electron chi connectivity index (χ1n) is 3.40. The molecular formula is C7H11N3O. The van der Waals surface area contributed by atoms with Gasteiger partial charge in [0, 0.05) is 12.7 Å². The number of aromatic nitrogens is 2. The van der Waals surface area contributed by atoms with Gasteiger partial charge in [-0.3, -0.25) is 9.89 Å². The number of H-pyrrole nitrogens is 1. The Labute approximate surface area is 65.0 Å². The molecule has 0 aliphatic carbocycles. The molecule has 11 heavy (non-hydrogen) atoms. The largest absolute Gasteiger partial charge is 0.355 e. The number of nitrogens with one attached hydrogen (secondary N) is 2. The third-order valence-corrected chi connectivity index (χ3v) is 1.58. The van der Waals surface area contributed by atoms with Crippen LogP contribution in [-0.4, -0.2) is 23.2 Å². The maximum Gasteiger partial charge on any atom is 0.254 e. The highest BCUT2D eigenvalue weighted by Gasteiger charge is 2.12. The summed E-state index contributed by atoms with van der Waals surface area (Å²) in [6.07, 6.45) is 0. The van der Waals surface area contributed by atoms with Gasteiger partial charge in [0.05, 0.1) is 11.3 Å². The van der Waals surface area contributed by atoms with E-state index in [1.807, 2.05) is 6.92 Å². The van der Waals surface area contributed by atoms with Gasteiger partial charge in [-0.25, -0.2) is 0 Å². The summed E-state index contributed by atoms with van der Waals surface area (Å²) in [5.74, 6) is -0.0891. The molecule has 0 aliphatic rings. The lowest BCUT2D eigenvalue weighted by Gasteiger charge is -1.96. The lowest BCUT2D eigenvalue weighted by atomic mass is 10.2. The second kappa shape index (κ2) is 2.74. The molecule has 4 nitrogen and oxygen atoms in total. The van der Waals surface area contributed by atoms with Crippen LogP contribution in [0.4, 0.5) is 0 Å². The molecule has 0 atom stereocenters. The van der Waals surface area contributed by atoms with Gasteiger partial charge in [-0.1, -0.05) is 0 Å². The molecule has 1 rings (SSSR count). The van der Waals surface area contributed by atoms with Crippen LogP contribution in [-0.2, 0) is 0 Å². The lowest BCUT2D eigenvalue weighted by Crippen LogP contribution is -2.19. The van der Waals surface area contributed by atoms with Gasteiger partial charge in [-0.2, -0.15) is 5.10 Å². The van der Waals surface area contributed by atoms with E-state index < -0.39 is 0 Å². The first-order chi connectivity index (χ1) is 5.16. The molecule has 0 spiro atoms. The summed E-state index contributed by atoms with van der Waals surface area (Å²) < 4.78 is 0. The molecule has 0 unspecified atom stereocenters. The first kappa shape index (κ1) is 7.78. The monoisotopic (exact) mass is 153 g/mol. The number of rotatable bonds is 1. The van der Waals surface area contributed by atoms with Crippen LogP contribution in [0.1, 0.15) is 21.7 Å². The Morgan fingerprint density at radius 1 is 1.55 bits per heavy atom. The zero-order valence-electron chi connectivity index (χ0n) is 6.86. The van der Waals surface area contributed by atoms with E-state index in [1.54, 1.807) is 14.0 Å². The number of hydrogen-bond acceptors (Lipinski definition) is 2. The van der Waals surface area contributed by atoms with Crippen molar-refractivity contribution in [2.45, 2.75) is 13.8 Å². The topological polar surface area (TPSA) is 57.8 Å².